The van der Waals surface area contributed by atoms with Gasteiger partial charge in [0.1, 0.15) is 5.82 Å². The number of hydroxylamine groups is 2. The van der Waals surface area contributed by atoms with E-state index in [2.05, 4.69) is 15.7 Å². The van der Waals surface area contributed by atoms with Crippen molar-refractivity contribution in [2.45, 2.75) is 25.7 Å². The second-order valence-corrected chi connectivity index (χ2v) is 4.98. The molecule has 1 saturated heterocycles. The van der Waals surface area contributed by atoms with Crippen LogP contribution in [0.15, 0.2) is 18.3 Å². The van der Waals surface area contributed by atoms with Crippen LogP contribution < -0.4 is 16.6 Å². The first kappa shape index (κ1) is 17.3. The number of imide groups is 1. The molecular weight excluding hydrogens is 318 g/mol. The number of anilines is 1. The summed E-state index contributed by atoms with van der Waals surface area (Å²) in [4.78, 5) is 54.6. The molecule has 10 nitrogen and oxygen atoms in total. The minimum Gasteiger partial charge on any atom is -0.352 e. The Bertz CT molecular complexity index is 629. The van der Waals surface area contributed by atoms with Crippen LogP contribution in [-0.4, -0.2) is 40.3 Å². The number of hydrogen-bond acceptors (Lipinski definition) is 8. The highest BCUT2D eigenvalue weighted by molar-refractivity contribution is 6.01. The average Bonchev–Trinajstić information content (AvgIpc) is 2.90. The molecule has 1 aromatic rings. The Morgan fingerprint density at radius 2 is 1.96 bits per heavy atom. The summed E-state index contributed by atoms with van der Waals surface area (Å²) in [6.07, 6.45) is 1.73. The van der Waals surface area contributed by atoms with Crippen LogP contribution in [0.2, 0.25) is 0 Å². The molecule has 0 unspecified atom stereocenters. The number of hydrazine groups is 1. The summed E-state index contributed by atoms with van der Waals surface area (Å²) in [6.45, 7) is 0.229. The van der Waals surface area contributed by atoms with Crippen molar-refractivity contribution < 1.29 is 24.0 Å². The van der Waals surface area contributed by atoms with Crippen LogP contribution in [-0.2, 0) is 19.2 Å². The fourth-order valence-corrected chi connectivity index (χ4v) is 1.96. The fourth-order valence-electron chi connectivity index (χ4n) is 1.96. The Morgan fingerprint density at radius 1 is 1.25 bits per heavy atom. The maximum Gasteiger partial charge on any atom is 0.333 e. The molecule has 2 heterocycles. The quantitative estimate of drug-likeness (QED) is 0.261. The van der Waals surface area contributed by atoms with Crippen molar-refractivity contribution in [3.63, 3.8) is 0 Å². The summed E-state index contributed by atoms with van der Waals surface area (Å²) in [7, 11) is 0. The van der Waals surface area contributed by atoms with Gasteiger partial charge in [0.2, 0.25) is 0 Å². The highest BCUT2D eigenvalue weighted by atomic mass is 16.7. The lowest BCUT2D eigenvalue weighted by Gasteiger charge is -2.12. The molecule has 0 saturated carbocycles. The third-order valence-corrected chi connectivity index (χ3v) is 3.22. The van der Waals surface area contributed by atoms with Gasteiger partial charge in [-0.25, -0.2) is 15.6 Å². The van der Waals surface area contributed by atoms with E-state index in [1.807, 2.05) is 0 Å². The maximum absolute atomic E-state index is 11.8. The number of nitrogens with zero attached hydrogens (tertiary/aromatic N) is 2. The van der Waals surface area contributed by atoms with Gasteiger partial charge in [-0.3, -0.25) is 14.4 Å². The molecule has 10 heteroatoms. The number of nitrogens with two attached hydrogens (primary N) is 1. The van der Waals surface area contributed by atoms with Gasteiger partial charge in [-0.2, -0.15) is 0 Å². The molecule has 1 aliphatic heterocycles. The fraction of sp³-hybridized carbons (Fsp3) is 0.357. The van der Waals surface area contributed by atoms with E-state index in [0.717, 1.165) is 0 Å². The molecule has 0 aliphatic carbocycles. The number of nitrogens with one attached hydrogen (secondary N) is 2. The maximum atomic E-state index is 11.8. The number of hydrogen-bond donors (Lipinski definition) is 3. The zero-order valence-electron chi connectivity index (χ0n) is 12.8. The zero-order chi connectivity index (χ0) is 17.5. The van der Waals surface area contributed by atoms with Gasteiger partial charge in [-0.1, -0.05) is 0 Å². The summed E-state index contributed by atoms with van der Waals surface area (Å²) in [5.74, 6) is 3.52. The predicted molar refractivity (Wildman–Crippen MR) is 80.8 cm³/mol. The molecule has 0 aromatic carbocycles. The average molecular weight is 335 g/mol. The van der Waals surface area contributed by atoms with Crippen LogP contribution in [0, 0.1) is 0 Å². The van der Waals surface area contributed by atoms with Crippen molar-refractivity contribution >= 4 is 29.5 Å². The predicted octanol–water partition coefficient (Wildman–Crippen LogP) is -0.516. The molecule has 0 radical (unpaired) electrons. The van der Waals surface area contributed by atoms with Gasteiger partial charge in [0, 0.05) is 32.0 Å². The smallest absolute Gasteiger partial charge is 0.333 e. The van der Waals surface area contributed by atoms with Crippen molar-refractivity contribution in [3.05, 3.63) is 23.9 Å². The third kappa shape index (κ3) is 4.49. The largest absolute Gasteiger partial charge is 0.352 e. The lowest BCUT2D eigenvalue weighted by Crippen LogP contribution is -2.32. The van der Waals surface area contributed by atoms with Crippen LogP contribution >= 0.6 is 0 Å². The Kier molecular flexibility index (Phi) is 5.79. The minimum atomic E-state index is -0.701. The molecule has 3 amide bonds. The van der Waals surface area contributed by atoms with Crippen molar-refractivity contribution in [2.75, 3.05) is 12.0 Å². The number of rotatable bonds is 7. The standard InChI is InChI=1S/C14H17N5O5/c15-18-10-4-3-9(8-17-10)14(23)16-7-1-2-13(22)24-19-11(20)5-6-12(19)21/h3-4,8H,1-2,5-7,15H2,(H,16,23)(H,17,18). The molecule has 1 aromatic heterocycles. The zero-order valence-corrected chi connectivity index (χ0v) is 12.8. The van der Waals surface area contributed by atoms with E-state index in [9.17, 15) is 19.2 Å². The molecule has 0 bridgehead atoms. The summed E-state index contributed by atoms with van der Waals surface area (Å²) >= 11 is 0. The van der Waals surface area contributed by atoms with E-state index in [1.54, 1.807) is 12.1 Å². The third-order valence-electron chi connectivity index (χ3n) is 3.22. The molecular formula is C14H17N5O5. The number of aromatic nitrogens is 1. The molecule has 128 valence electrons. The van der Waals surface area contributed by atoms with Gasteiger partial charge >= 0.3 is 5.97 Å². The first-order valence-electron chi connectivity index (χ1n) is 7.28. The second-order valence-electron chi connectivity index (χ2n) is 4.98. The normalized spacial score (nSPS) is 13.8. The van der Waals surface area contributed by atoms with Crippen molar-refractivity contribution in [3.8, 4) is 0 Å². The highest BCUT2D eigenvalue weighted by Gasteiger charge is 2.32. The van der Waals surface area contributed by atoms with Crippen LogP contribution in [0.25, 0.3) is 0 Å². The monoisotopic (exact) mass is 335 g/mol. The second kappa shape index (κ2) is 8.02. The van der Waals surface area contributed by atoms with Crippen LogP contribution in [0.1, 0.15) is 36.0 Å². The summed E-state index contributed by atoms with van der Waals surface area (Å²) in [5.41, 5.74) is 2.70. The summed E-state index contributed by atoms with van der Waals surface area (Å²) < 4.78 is 0. The first-order chi connectivity index (χ1) is 11.5. The minimum absolute atomic E-state index is 0.0361. The van der Waals surface area contributed by atoms with E-state index in [0.29, 0.717) is 22.9 Å². The van der Waals surface area contributed by atoms with E-state index in [-0.39, 0.29) is 31.7 Å². The Morgan fingerprint density at radius 3 is 2.54 bits per heavy atom. The number of amides is 3. The lowest BCUT2D eigenvalue weighted by atomic mass is 10.2. The molecule has 24 heavy (non-hydrogen) atoms. The van der Waals surface area contributed by atoms with Gasteiger partial charge in [0.25, 0.3) is 17.7 Å². The number of carbonyl (C=O) groups is 4. The van der Waals surface area contributed by atoms with Gasteiger partial charge < -0.3 is 15.6 Å². The van der Waals surface area contributed by atoms with Crippen LogP contribution in [0.5, 0.6) is 0 Å². The van der Waals surface area contributed by atoms with Crippen LogP contribution in [0.3, 0.4) is 0 Å². The van der Waals surface area contributed by atoms with Crippen molar-refractivity contribution in [1.82, 2.24) is 15.4 Å². The molecule has 2 rings (SSSR count). The van der Waals surface area contributed by atoms with Gasteiger partial charge in [0.15, 0.2) is 0 Å². The lowest BCUT2D eigenvalue weighted by molar-refractivity contribution is -0.197. The number of nitrogen functional groups attached to an aromatic ring is 1. The Hall–Kier alpha value is -3.01. The number of pyridine rings is 1. The van der Waals surface area contributed by atoms with Gasteiger partial charge in [-0.15, -0.1) is 5.06 Å². The first-order valence-corrected chi connectivity index (χ1v) is 7.28. The van der Waals surface area contributed by atoms with Crippen molar-refractivity contribution in [2.24, 2.45) is 5.84 Å². The summed E-state index contributed by atoms with van der Waals surface area (Å²) in [6, 6.07) is 3.10. The van der Waals surface area contributed by atoms with E-state index < -0.39 is 17.8 Å². The molecule has 1 fully saturated rings. The Labute approximate surface area is 137 Å². The SMILES string of the molecule is NNc1ccc(C(=O)NCCCC(=O)ON2C(=O)CCC2=O)cn1. The molecule has 0 spiro atoms. The van der Waals surface area contributed by atoms with Gasteiger partial charge in [-0.05, 0) is 18.6 Å². The number of carbonyl (C=O) groups excluding carboxylic acids is 4. The van der Waals surface area contributed by atoms with E-state index in [4.69, 9.17) is 10.7 Å². The molecule has 0 atom stereocenters. The molecule has 4 N–H and O–H groups in total. The van der Waals surface area contributed by atoms with Crippen molar-refractivity contribution in [1.29, 1.82) is 0 Å². The van der Waals surface area contributed by atoms with E-state index >= 15 is 0 Å². The molecule has 1 aliphatic rings. The van der Waals surface area contributed by atoms with Gasteiger partial charge in [0.05, 0.1) is 5.56 Å². The van der Waals surface area contributed by atoms with Crippen LogP contribution in [0.4, 0.5) is 5.82 Å². The topological polar surface area (TPSA) is 144 Å². The summed E-state index contributed by atoms with van der Waals surface area (Å²) in [5, 5.41) is 3.12. The highest BCUT2D eigenvalue weighted by Crippen LogP contribution is 2.12. The Balaban J connectivity index is 1.68. The van der Waals surface area contributed by atoms with E-state index in [1.165, 1.54) is 6.20 Å².